The van der Waals surface area contributed by atoms with E-state index < -0.39 is 0 Å². The van der Waals surface area contributed by atoms with Crippen molar-refractivity contribution in [3.8, 4) is 11.6 Å². The number of nitrogens with zero attached hydrogens (tertiary/aromatic N) is 2. The maximum atomic E-state index is 5.76. The smallest absolute Gasteiger partial charge is 0.235 e. The highest BCUT2D eigenvalue weighted by Gasteiger charge is 2.03. The highest BCUT2D eigenvalue weighted by Crippen LogP contribution is 2.24. The molecule has 0 aliphatic rings. The largest absolute Gasteiger partial charge is 0.438 e. The van der Waals surface area contributed by atoms with Crippen LogP contribution in [0.5, 0.6) is 11.6 Å². The van der Waals surface area contributed by atoms with Crippen LogP contribution in [0.1, 0.15) is 0 Å². The fourth-order valence-corrected chi connectivity index (χ4v) is 1.53. The third-order valence-corrected chi connectivity index (χ3v) is 2.65. The predicted octanol–water partition coefficient (Wildman–Crippen LogP) is 3.53. The predicted molar refractivity (Wildman–Crippen MR) is 66.3 cm³/mol. The van der Waals surface area contributed by atoms with E-state index in [0.717, 1.165) is 3.57 Å². The van der Waals surface area contributed by atoms with E-state index in [9.17, 15) is 0 Å². The summed E-state index contributed by atoms with van der Waals surface area (Å²) in [6.45, 7) is 0. The van der Waals surface area contributed by atoms with E-state index in [2.05, 4.69) is 32.6 Å². The molecule has 0 atom stereocenters. The van der Waals surface area contributed by atoms with E-state index in [-0.39, 0.29) is 0 Å². The van der Waals surface area contributed by atoms with Gasteiger partial charge in [-0.15, -0.1) is 0 Å². The van der Waals surface area contributed by atoms with Crippen molar-refractivity contribution >= 4 is 34.2 Å². The zero-order valence-electron chi connectivity index (χ0n) is 7.52. The Bertz CT molecular complexity index is 461. The van der Waals surface area contributed by atoms with Crippen LogP contribution in [-0.4, -0.2) is 9.97 Å². The minimum atomic E-state index is 0.549. The van der Waals surface area contributed by atoms with E-state index in [1.54, 1.807) is 30.5 Å². The average molecular weight is 333 g/mol. The van der Waals surface area contributed by atoms with Crippen molar-refractivity contribution in [3.63, 3.8) is 0 Å². The summed E-state index contributed by atoms with van der Waals surface area (Å²) in [5, 5.41) is 0.680. The topological polar surface area (TPSA) is 35.0 Å². The Morgan fingerprint density at radius 1 is 1.20 bits per heavy atom. The third-order valence-electron chi connectivity index (χ3n) is 1.66. The van der Waals surface area contributed by atoms with Crippen molar-refractivity contribution in [1.29, 1.82) is 0 Å². The molecule has 2 aromatic rings. The molecule has 76 valence electrons. The number of hydrogen-bond donors (Lipinski definition) is 0. The van der Waals surface area contributed by atoms with Crippen molar-refractivity contribution in [3.05, 3.63) is 45.4 Å². The Labute approximate surface area is 106 Å². The molecule has 0 saturated heterocycles. The molecule has 0 aliphatic heterocycles. The van der Waals surface area contributed by atoms with Gasteiger partial charge in [0.05, 0.1) is 3.57 Å². The summed E-state index contributed by atoms with van der Waals surface area (Å²) >= 11 is 7.88. The number of benzene rings is 1. The molecule has 5 heteroatoms. The monoisotopic (exact) mass is 332 g/mol. The molecule has 0 radical (unpaired) electrons. The number of hydrogen-bond acceptors (Lipinski definition) is 3. The lowest BCUT2D eigenvalue weighted by molar-refractivity contribution is 0.457. The lowest BCUT2D eigenvalue weighted by atomic mass is 10.3. The van der Waals surface area contributed by atoms with Gasteiger partial charge in [-0.3, -0.25) is 0 Å². The molecule has 1 aromatic heterocycles. The summed E-state index contributed by atoms with van der Waals surface area (Å²) in [6, 6.07) is 7.12. The number of aromatic nitrogens is 2. The lowest BCUT2D eigenvalue weighted by Crippen LogP contribution is -1.91. The Balaban J connectivity index is 2.22. The molecule has 0 N–H and O–H groups in total. The van der Waals surface area contributed by atoms with Crippen LogP contribution in [0, 0.1) is 3.57 Å². The molecule has 15 heavy (non-hydrogen) atoms. The van der Waals surface area contributed by atoms with Gasteiger partial charge in [-0.05, 0) is 46.9 Å². The first kappa shape index (κ1) is 10.6. The fraction of sp³-hybridized carbons (Fsp3) is 0. The molecular weight excluding hydrogens is 326 g/mol. The van der Waals surface area contributed by atoms with E-state index >= 15 is 0 Å². The van der Waals surface area contributed by atoms with Crippen LogP contribution in [0.3, 0.4) is 0 Å². The van der Waals surface area contributed by atoms with Crippen molar-refractivity contribution in [1.82, 2.24) is 9.97 Å². The number of ether oxygens (including phenoxy) is 1. The second kappa shape index (κ2) is 4.76. The Hall–Kier alpha value is -0.880. The summed E-state index contributed by atoms with van der Waals surface area (Å²) in [5.74, 6) is 1.25. The van der Waals surface area contributed by atoms with E-state index in [0.29, 0.717) is 16.7 Å². The summed E-state index contributed by atoms with van der Waals surface area (Å²) in [7, 11) is 0. The molecule has 0 fully saturated rings. The molecule has 0 saturated carbocycles. The Morgan fingerprint density at radius 2 is 1.93 bits per heavy atom. The SMILES string of the molecule is Clc1ccc(Oc2ncncc2I)cc1. The minimum absolute atomic E-state index is 0.549. The van der Waals surface area contributed by atoms with Gasteiger partial charge >= 0.3 is 0 Å². The van der Waals surface area contributed by atoms with Crippen molar-refractivity contribution < 1.29 is 4.74 Å². The first-order valence-corrected chi connectivity index (χ1v) is 5.60. The van der Waals surface area contributed by atoms with Crippen LogP contribution >= 0.6 is 34.2 Å². The fourth-order valence-electron chi connectivity index (χ4n) is 0.991. The normalized spacial score (nSPS) is 10.0. The Kier molecular flexibility index (Phi) is 3.37. The van der Waals surface area contributed by atoms with Crippen LogP contribution in [0.4, 0.5) is 0 Å². The van der Waals surface area contributed by atoms with Gasteiger partial charge in [-0.25, -0.2) is 9.97 Å². The van der Waals surface area contributed by atoms with E-state index in [4.69, 9.17) is 16.3 Å². The van der Waals surface area contributed by atoms with Crippen LogP contribution < -0.4 is 4.74 Å². The van der Waals surface area contributed by atoms with Gasteiger partial charge in [0, 0.05) is 11.2 Å². The van der Waals surface area contributed by atoms with Gasteiger partial charge < -0.3 is 4.74 Å². The highest BCUT2D eigenvalue weighted by atomic mass is 127. The molecule has 3 nitrogen and oxygen atoms in total. The quantitative estimate of drug-likeness (QED) is 0.789. The molecule has 0 aliphatic carbocycles. The standard InChI is InChI=1S/C10H6ClIN2O/c11-7-1-3-8(4-2-7)15-10-9(12)5-13-6-14-10/h1-6H. The summed E-state index contributed by atoms with van der Waals surface area (Å²) in [5.41, 5.74) is 0. The van der Waals surface area contributed by atoms with Crippen LogP contribution in [-0.2, 0) is 0 Å². The first-order valence-electron chi connectivity index (χ1n) is 4.14. The van der Waals surface area contributed by atoms with Crippen molar-refractivity contribution in [2.24, 2.45) is 0 Å². The van der Waals surface area contributed by atoms with E-state index in [1.165, 1.54) is 6.33 Å². The van der Waals surface area contributed by atoms with Crippen LogP contribution in [0.2, 0.25) is 5.02 Å². The maximum absolute atomic E-state index is 5.76. The van der Waals surface area contributed by atoms with Gasteiger partial charge in [-0.2, -0.15) is 0 Å². The summed E-state index contributed by atoms with van der Waals surface area (Å²) in [6.07, 6.45) is 3.15. The molecule has 2 rings (SSSR count). The number of rotatable bonds is 2. The minimum Gasteiger partial charge on any atom is -0.438 e. The van der Waals surface area contributed by atoms with Crippen LogP contribution in [0.15, 0.2) is 36.8 Å². The van der Waals surface area contributed by atoms with Gasteiger partial charge in [0.1, 0.15) is 12.1 Å². The van der Waals surface area contributed by atoms with Gasteiger partial charge in [0.25, 0.3) is 0 Å². The molecule has 0 unspecified atom stereocenters. The lowest BCUT2D eigenvalue weighted by Gasteiger charge is -2.05. The number of halogens is 2. The Morgan fingerprint density at radius 3 is 2.60 bits per heavy atom. The zero-order valence-corrected chi connectivity index (χ0v) is 10.4. The molecule has 0 amide bonds. The van der Waals surface area contributed by atoms with Gasteiger partial charge in [0.2, 0.25) is 5.88 Å². The highest BCUT2D eigenvalue weighted by molar-refractivity contribution is 14.1. The average Bonchev–Trinajstić information content (AvgIpc) is 2.25. The van der Waals surface area contributed by atoms with Crippen molar-refractivity contribution in [2.45, 2.75) is 0 Å². The van der Waals surface area contributed by atoms with E-state index in [1.807, 2.05) is 0 Å². The zero-order chi connectivity index (χ0) is 10.7. The molecule has 0 bridgehead atoms. The second-order valence-electron chi connectivity index (χ2n) is 2.73. The second-order valence-corrected chi connectivity index (χ2v) is 4.33. The molecular formula is C10H6ClIN2O. The molecule has 0 spiro atoms. The summed E-state index contributed by atoms with van der Waals surface area (Å²) < 4.78 is 6.41. The third kappa shape index (κ3) is 2.79. The molecule has 1 heterocycles. The van der Waals surface area contributed by atoms with Gasteiger partial charge in [0.15, 0.2) is 0 Å². The summed E-state index contributed by atoms with van der Waals surface area (Å²) in [4.78, 5) is 7.90. The van der Waals surface area contributed by atoms with Crippen LogP contribution in [0.25, 0.3) is 0 Å². The molecule has 1 aromatic carbocycles. The first-order chi connectivity index (χ1) is 7.25. The van der Waals surface area contributed by atoms with Crippen molar-refractivity contribution in [2.75, 3.05) is 0 Å². The van der Waals surface area contributed by atoms with Gasteiger partial charge in [-0.1, -0.05) is 11.6 Å². The maximum Gasteiger partial charge on any atom is 0.235 e.